The van der Waals surface area contributed by atoms with Gasteiger partial charge in [0, 0.05) is 30.6 Å². The van der Waals surface area contributed by atoms with Crippen LogP contribution in [0.25, 0.3) is 17.0 Å². The number of carbonyl (C=O) groups excluding carboxylic acids is 1. The van der Waals surface area contributed by atoms with Crippen LogP contribution >= 0.6 is 0 Å². The molecule has 0 fully saturated rings. The van der Waals surface area contributed by atoms with Crippen molar-refractivity contribution in [3.05, 3.63) is 77.0 Å². The molecule has 1 aliphatic heterocycles. The summed E-state index contributed by atoms with van der Waals surface area (Å²) in [4.78, 5) is 23.4. The number of hydrogen-bond donors (Lipinski definition) is 0. The molecular weight excluding hydrogens is 338 g/mol. The summed E-state index contributed by atoms with van der Waals surface area (Å²) in [5.74, 6) is 0.645. The summed E-state index contributed by atoms with van der Waals surface area (Å²) in [5.41, 5.74) is 3.92. The zero-order valence-corrected chi connectivity index (χ0v) is 15.4. The first-order valence-electron chi connectivity index (χ1n) is 8.68. The lowest BCUT2D eigenvalue weighted by Gasteiger charge is -2.16. The first-order valence-corrected chi connectivity index (χ1v) is 8.68. The number of benzene rings is 2. The van der Waals surface area contributed by atoms with E-state index in [1.54, 1.807) is 6.08 Å². The number of cyclic esters (lactones) is 1. The minimum Gasteiger partial charge on any atom is -0.402 e. The fraction of sp³-hybridized carbons (Fsp3) is 0.136. The summed E-state index contributed by atoms with van der Waals surface area (Å²) in [6.45, 7) is 2.04. The van der Waals surface area contributed by atoms with Gasteiger partial charge in [-0.25, -0.2) is 14.8 Å². The maximum Gasteiger partial charge on any atom is 0.363 e. The molecular formula is C22H19N3O2. The molecule has 0 amide bonds. The number of nitrogens with zero attached hydrogens (tertiary/aromatic N) is 3. The second kappa shape index (κ2) is 6.68. The van der Waals surface area contributed by atoms with Gasteiger partial charge in [-0.2, -0.15) is 0 Å². The van der Waals surface area contributed by atoms with Crippen LogP contribution in [0.5, 0.6) is 0 Å². The molecule has 0 saturated carbocycles. The van der Waals surface area contributed by atoms with Gasteiger partial charge in [0.05, 0.1) is 5.52 Å². The van der Waals surface area contributed by atoms with Crippen LogP contribution < -0.4 is 4.90 Å². The molecule has 5 heteroatoms. The molecule has 4 rings (SSSR count). The lowest BCUT2D eigenvalue weighted by molar-refractivity contribution is -0.129. The zero-order valence-electron chi connectivity index (χ0n) is 15.4. The number of carbonyl (C=O) groups is 1. The smallest absolute Gasteiger partial charge is 0.363 e. The maximum atomic E-state index is 12.3. The highest BCUT2D eigenvalue weighted by Gasteiger charge is 2.24. The minimum absolute atomic E-state index is 0.269. The first-order chi connectivity index (χ1) is 13.0. The van der Waals surface area contributed by atoms with E-state index in [4.69, 9.17) is 9.72 Å². The van der Waals surface area contributed by atoms with E-state index in [0.717, 1.165) is 33.4 Å². The van der Waals surface area contributed by atoms with E-state index in [2.05, 4.69) is 4.99 Å². The molecule has 0 N–H and O–H groups in total. The largest absolute Gasteiger partial charge is 0.402 e. The molecule has 0 saturated heterocycles. The molecule has 0 radical (unpaired) electrons. The number of hydrogen-bond acceptors (Lipinski definition) is 5. The van der Waals surface area contributed by atoms with Gasteiger partial charge in [0.15, 0.2) is 5.70 Å². The maximum absolute atomic E-state index is 12.3. The Hall–Kier alpha value is -3.47. The standard InChI is InChI=1S/C22H19N3O2/c1-14-8-7-11-16-12-17(20(25(2)3)24-19(14)16)13-18-22(26)27-21(23-18)15-9-5-4-6-10-15/h4-13H,1-3H3/b18-13+. The van der Waals surface area contributed by atoms with Crippen molar-refractivity contribution in [2.45, 2.75) is 6.92 Å². The van der Waals surface area contributed by atoms with Gasteiger partial charge in [-0.3, -0.25) is 0 Å². The fourth-order valence-electron chi connectivity index (χ4n) is 3.08. The monoisotopic (exact) mass is 357 g/mol. The molecule has 27 heavy (non-hydrogen) atoms. The predicted molar refractivity (Wildman–Crippen MR) is 108 cm³/mol. The van der Waals surface area contributed by atoms with Crippen LogP contribution in [0.15, 0.2) is 65.3 Å². The highest BCUT2D eigenvalue weighted by atomic mass is 16.6. The highest BCUT2D eigenvalue weighted by molar-refractivity contribution is 6.13. The minimum atomic E-state index is -0.456. The van der Waals surface area contributed by atoms with Crippen LogP contribution in [0.2, 0.25) is 0 Å². The van der Waals surface area contributed by atoms with Crippen LogP contribution in [0.3, 0.4) is 0 Å². The Kier molecular flexibility index (Phi) is 4.20. The molecule has 1 aliphatic rings. The molecule has 0 unspecified atom stereocenters. The molecule has 2 heterocycles. The number of rotatable bonds is 3. The van der Waals surface area contributed by atoms with Crippen molar-refractivity contribution >= 4 is 34.7 Å². The highest BCUT2D eigenvalue weighted by Crippen LogP contribution is 2.28. The number of aryl methyl sites for hydroxylation is 1. The van der Waals surface area contributed by atoms with E-state index < -0.39 is 5.97 Å². The number of aromatic nitrogens is 1. The second-order valence-electron chi connectivity index (χ2n) is 6.64. The summed E-state index contributed by atoms with van der Waals surface area (Å²) < 4.78 is 5.35. The van der Waals surface area contributed by atoms with Gasteiger partial charge in [-0.15, -0.1) is 0 Å². The Balaban J connectivity index is 1.83. The fourth-order valence-corrected chi connectivity index (χ4v) is 3.08. The molecule has 1 aromatic heterocycles. The average molecular weight is 357 g/mol. The average Bonchev–Trinajstić information content (AvgIpc) is 3.03. The lowest BCUT2D eigenvalue weighted by Crippen LogP contribution is -2.13. The number of aliphatic imine (C=N–C) groups is 1. The molecule has 0 spiro atoms. The molecule has 0 atom stereocenters. The first kappa shape index (κ1) is 17.0. The predicted octanol–water partition coefficient (Wildman–Crippen LogP) is 3.95. The van der Waals surface area contributed by atoms with Crippen LogP contribution in [-0.2, 0) is 9.53 Å². The summed E-state index contributed by atoms with van der Waals surface area (Å²) in [6.07, 6.45) is 1.74. The van der Waals surface area contributed by atoms with E-state index in [0.29, 0.717) is 5.90 Å². The Bertz CT molecular complexity index is 1100. The number of ether oxygens (including phenoxy) is 1. The van der Waals surface area contributed by atoms with Gasteiger partial charge in [0.25, 0.3) is 0 Å². The van der Waals surface area contributed by atoms with Crippen molar-refractivity contribution in [2.75, 3.05) is 19.0 Å². The molecule has 5 nitrogen and oxygen atoms in total. The Morgan fingerprint density at radius 2 is 1.81 bits per heavy atom. The van der Waals surface area contributed by atoms with Crippen molar-refractivity contribution in [1.82, 2.24) is 4.98 Å². The number of pyridine rings is 1. The SMILES string of the molecule is Cc1cccc2cc(/C=C3/N=C(c4ccccc4)OC3=O)c(N(C)C)nc12. The van der Waals surface area contributed by atoms with Gasteiger partial charge in [-0.05, 0) is 36.8 Å². The van der Waals surface area contributed by atoms with E-state index in [1.165, 1.54) is 0 Å². The number of esters is 1. The summed E-state index contributed by atoms with van der Waals surface area (Å²) in [5, 5.41) is 1.02. The second-order valence-corrected chi connectivity index (χ2v) is 6.64. The molecule has 134 valence electrons. The molecule has 0 aliphatic carbocycles. The quantitative estimate of drug-likeness (QED) is 0.526. The third kappa shape index (κ3) is 3.19. The van der Waals surface area contributed by atoms with E-state index in [9.17, 15) is 4.79 Å². The van der Waals surface area contributed by atoms with Gasteiger partial charge < -0.3 is 9.64 Å². The van der Waals surface area contributed by atoms with Gasteiger partial charge in [0.1, 0.15) is 5.82 Å². The topological polar surface area (TPSA) is 54.8 Å². The third-order valence-electron chi connectivity index (χ3n) is 4.41. The lowest BCUT2D eigenvalue weighted by atomic mass is 10.1. The van der Waals surface area contributed by atoms with E-state index in [-0.39, 0.29) is 5.70 Å². The number of fused-ring (bicyclic) bond motifs is 1. The van der Waals surface area contributed by atoms with Crippen molar-refractivity contribution in [3.63, 3.8) is 0 Å². The van der Waals surface area contributed by atoms with Crippen molar-refractivity contribution in [2.24, 2.45) is 4.99 Å². The van der Waals surface area contributed by atoms with Crippen LogP contribution in [-0.4, -0.2) is 30.9 Å². The Morgan fingerprint density at radius 1 is 1.04 bits per heavy atom. The van der Waals surface area contributed by atoms with Crippen LogP contribution in [0.1, 0.15) is 16.7 Å². The van der Waals surface area contributed by atoms with Gasteiger partial charge in [-0.1, -0.05) is 36.4 Å². The van der Waals surface area contributed by atoms with Crippen molar-refractivity contribution < 1.29 is 9.53 Å². The summed E-state index contributed by atoms with van der Waals surface area (Å²) >= 11 is 0. The Morgan fingerprint density at radius 3 is 2.56 bits per heavy atom. The van der Waals surface area contributed by atoms with Crippen LogP contribution in [0.4, 0.5) is 5.82 Å². The molecule has 3 aromatic rings. The molecule has 2 aromatic carbocycles. The van der Waals surface area contributed by atoms with E-state index >= 15 is 0 Å². The number of anilines is 1. The normalized spacial score (nSPS) is 15.1. The summed E-state index contributed by atoms with van der Waals surface area (Å²) in [7, 11) is 3.86. The van der Waals surface area contributed by atoms with E-state index in [1.807, 2.05) is 80.5 Å². The van der Waals surface area contributed by atoms with Gasteiger partial charge in [0.2, 0.25) is 5.90 Å². The number of para-hydroxylation sites is 1. The third-order valence-corrected chi connectivity index (χ3v) is 4.41. The molecule has 0 bridgehead atoms. The summed E-state index contributed by atoms with van der Waals surface area (Å²) in [6, 6.07) is 17.5. The zero-order chi connectivity index (χ0) is 19.0. The van der Waals surface area contributed by atoms with Crippen LogP contribution in [0, 0.1) is 6.92 Å². The van der Waals surface area contributed by atoms with Crippen molar-refractivity contribution in [3.8, 4) is 0 Å². The van der Waals surface area contributed by atoms with Crippen molar-refractivity contribution in [1.29, 1.82) is 0 Å². The van der Waals surface area contributed by atoms with Gasteiger partial charge >= 0.3 is 5.97 Å². The Labute approximate surface area is 157 Å².